The summed E-state index contributed by atoms with van der Waals surface area (Å²) in [6, 6.07) is 3.05. The molecule has 1 fully saturated rings. The minimum atomic E-state index is -0.991. The Hall–Kier alpha value is -1.41. The molecule has 0 radical (unpaired) electrons. The molecule has 19 heavy (non-hydrogen) atoms. The first-order valence-corrected chi connectivity index (χ1v) is 6.75. The summed E-state index contributed by atoms with van der Waals surface area (Å²) in [6.45, 7) is 0. The number of benzene rings is 1. The van der Waals surface area contributed by atoms with E-state index < -0.39 is 17.8 Å². The fourth-order valence-corrected chi connectivity index (χ4v) is 2.33. The van der Waals surface area contributed by atoms with Gasteiger partial charge in [0, 0.05) is 17.3 Å². The van der Waals surface area contributed by atoms with Gasteiger partial charge in [0.2, 0.25) is 0 Å². The second-order valence-electron chi connectivity index (χ2n) is 3.71. The van der Waals surface area contributed by atoms with E-state index in [-0.39, 0.29) is 28.6 Å². The second kappa shape index (κ2) is 5.30. The number of hydrogen-bond donors (Lipinski definition) is 1. The average molecular weight is 393 g/mol. The number of phenolic OH excluding ortho intramolecular Hbond substituents is 1. The lowest BCUT2D eigenvalue weighted by Crippen LogP contribution is -2.32. The molecule has 0 aliphatic carbocycles. The number of hydrogen-bond acceptors (Lipinski definition) is 5. The Morgan fingerprint density at radius 3 is 2.26 bits per heavy atom. The Bertz CT molecular complexity index is 571. The molecule has 1 aromatic carbocycles. The smallest absolute Gasteiger partial charge is 0.368 e. The highest BCUT2D eigenvalue weighted by molar-refractivity contribution is 9.11. The fraction of sp³-hybridized carbons (Fsp3) is 0.182. The van der Waals surface area contributed by atoms with Crippen LogP contribution < -0.4 is 0 Å². The first-order valence-electron chi connectivity index (χ1n) is 5.17. The molecule has 1 aromatic rings. The molecular weight excluding hydrogens is 386 g/mol. The summed E-state index contributed by atoms with van der Waals surface area (Å²) in [5.74, 6) is -2.49. The SMILES string of the molecule is O=C(ON1C(=O)CCC1=O)c1c(Br)ccc(Br)c1O. The lowest BCUT2D eigenvalue weighted by molar-refractivity contribution is -0.172. The van der Waals surface area contributed by atoms with Gasteiger partial charge in [-0.2, -0.15) is 0 Å². The first-order chi connectivity index (χ1) is 8.91. The highest BCUT2D eigenvalue weighted by Crippen LogP contribution is 2.34. The number of amides is 2. The molecular formula is C11H7Br2NO5. The van der Waals surface area contributed by atoms with Gasteiger partial charge in [0.15, 0.2) is 0 Å². The van der Waals surface area contributed by atoms with Crippen LogP contribution in [-0.4, -0.2) is 28.0 Å². The van der Waals surface area contributed by atoms with E-state index in [0.29, 0.717) is 9.54 Å². The number of aromatic hydroxyl groups is 1. The third-order valence-corrected chi connectivity index (χ3v) is 3.76. The van der Waals surface area contributed by atoms with Crippen LogP contribution >= 0.6 is 31.9 Å². The van der Waals surface area contributed by atoms with Crippen molar-refractivity contribution in [3.05, 3.63) is 26.6 Å². The van der Waals surface area contributed by atoms with Crippen LogP contribution in [0.4, 0.5) is 0 Å². The molecule has 2 rings (SSSR count). The number of carbonyl (C=O) groups excluding carboxylic acids is 3. The molecule has 0 aromatic heterocycles. The topological polar surface area (TPSA) is 83.9 Å². The van der Waals surface area contributed by atoms with Gasteiger partial charge in [-0.3, -0.25) is 9.59 Å². The Labute approximate surface area is 124 Å². The van der Waals surface area contributed by atoms with Crippen molar-refractivity contribution in [2.45, 2.75) is 12.8 Å². The minimum absolute atomic E-state index is 0.0117. The molecule has 0 spiro atoms. The van der Waals surface area contributed by atoms with E-state index in [2.05, 4.69) is 31.9 Å². The van der Waals surface area contributed by atoms with Crippen molar-refractivity contribution in [2.75, 3.05) is 0 Å². The molecule has 0 unspecified atom stereocenters. The van der Waals surface area contributed by atoms with Crippen molar-refractivity contribution in [1.82, 2.24) is 5.06 Å². The maximum atomic E-state index is 11.9. The van der Waals surface area contributed by atoms with Crippen molar-refractivity contribution in [1.29, 1.82) is 0 Å². The molecule has 0 saturated carbocycles. The van der Waals surface area contributed by atoms with Crippen molar-refractivity contribution < 1.29 is 24.3 Å². The summed E-state index contributed by atoms with van der Waals surface area (Å²) >= 11 is 6.15. The van der Waals surface area contributed by atoms with Crippen LogP contribution in [0, 0.1) is 0 Å². The minimum Gasteiger partial charge on any atom is -0.506 e. The summed E-state index contributed by atoms with van der Waals surface area (Å²) in [6.07, 6.45) is 0.0233. The van der Waals surface area contributed by atoms with Gasteiger partial charge in [0.25, 0.3) is 11.8 Å². The van der Waals surface area contributed by atoms with Crippen LogP contribution in [0.3, 0.4) is 0 Å². The Morgan fingerprint density at radius 1 is 1.16 bits per heavy atom. The number of carbonyl (C=O) groups is 3. The van der Waals surface area contributed by atoms with Gasteiger partial charge in [0.05, 0.1) is 4.47 Å². The first kappa shape index (κ1) is 14.0. The van der Waals surface area contributed by atoms with Crippen LogP contribution in [0.2, 0.25) is 0 Å². The van der Waals surface area contributed by atoms with Crippen molar-refractivity contribution in [3.63, 3.8) is 0 Å². The standard InChI is InChI=1S/C11H7Br2NO5/c12-5-1-2-6(13)10(17)9(5)11(18)19-14-7(15)3-4-8(14)16/h1-2,17H,3-4H2. The Morgan fingerprint density at radius 2 is 1.68 bits per heavy atom. The monoisotopic (exact) mass is 391 g/mol. The molecule has 1 aliphatic heterocycles. The number of imide groups is 1. The number of hydroxylamine groups is 2. The normalized spacial score (nSPS) is 14.9. The van der Waals surface area contributed by atoms with Gasteiger partial charge in [-0.15, -0.1) is 5.06 Å². The maximum absolute atomic E-state index is 11.9. The Balaban J connectivity index is 2.28. The second-order valence-corrected chi connectivity index (χ2v) is 5.42. The average Bonchev–Trinajstić information content (AvgIpc) is 2.66. The zero-order valence-corrected chi connectivity index (χ0v) is 12.5. The lowest BCUT2D eigenvalue weighted by atomic mass is 10.2. The van der Waals surface area contributed by atoms with Crippen LogP contribution in [0.5, 0.6) is 5.75 Å². The van der Waals surface area contributed by atoms with Crippen molar-refractivity contribution in [2.24, 2.45) is 0 Å². The van der Waals surface area contributed by atoms with E-state index in [0.717, 1.165) is 0 Å². The third-order valence-electron chi connectivity index (χ3n) is 2.46. The van der Waals surface area contributed by atoms with E-state index in [1.807, 2.05) is 0 Å². The highest BCUT2D eigenvalue weighted by atomic mass is 79.9. The van der Waals surface area contributed by atoms with Crippen LogP contribution in [0.15, 0.2) is 21.1 Å². The summed E-state index contributed by atoms with van der Waals surface area (Å²) in [7, 11) is 0. The molecule has 1 saturated heterocycles. The molecule has 1 heterocycles. The largest absolute Gasteiger partial charge is 0.506 e. The Kier molecular flexibility index (Phi) is 3.91. The van der Waals surface area contributed by atoms with Gasteiger partial charge in [-0.25, -0.2) is 4.79 Å². The zero-order valence-electron chi connectivity index (χ0n) is 9.35. The number of rotatable bonds is 2. The van der Waals surface area contributed by atoms with Gasteiger partial charge in [-0.1, -0.05) is 0 Å². The summed E-state index contributed by atoms with van der Waals surface area (Å²) in [4.78, 5) is 39.3. The molecule has 2 amide bonds. The summed E-state index contributed by atoms with van der Waals surface area (Å²) in [5.41, 5.74) is -0.165. The summed E-state index contributed by atoms with van der Waals surface area (Å²) in [5, 5.41) is 10.2. The predicted molar refractivity (Wildman–Crippen MR) is 70.0 cm³/mol. The van der Waals surface area contributed by atoms with E-state index in [1.54, 1.807) is 0 Å². The van der Waals surface area contributed by atoms with Crippen LogP contribution in [-0.2, 0) is 14.4 Å². The molecule has 8 heteroatoms. The van der Waals surface area contributed by atoms with E-state index in [4.69, 9.17) is 4.84 Å². The molecule has 1 aliphatic rings. The van der Waals surface area contributed by atoms with Crippen molar-refractivity contribution >= 4 is 49.6 Å². The molecule has 0 bridgehead atoms. The number of nitrogens with zero attached hydrogens (tertiary/aromatic N) is 1. The van der Waals surface area contributed by atoms with Crippen LogP contribution in [0.25, 0.3) is 0 Å². The van der Waals surface area contributed by atoms with E-state index in [9.17, 15) is 19.5 Å². The maximum Gasteiger partial charge on any atom is 0.368 e. The molecule has 0 atom stereocenters. The summed E-state index contributed by atoms with van der Waals surface area (Å²) < 4.78 is 0.582. The number of halogens is 2. The van der Waals surface area contributed by atoms with Gasteiger partial charge >= 0.3 is 5.97 Å². The van der Waals surface area contributed by atoms with Crippen LogP contribution in [0.1, 0.15) is 23.2 Å². The molecule has 1 N–H and O–H groups in total. The quantitative estimate of drug-likeness (QED) is 0.779. The van der Waals surface area contributed by atoms with Gasteiger partial charge < -0.3 is 9.94 Å². The van der Waals surface area contributed by atoms with Gasteiger partial charge in [-0.05, 0) is 44.0 Å². The third kappa shape index (κ3) is 2.64. The molecule has 6 nitrogen and oxygen atoms in total. The zero-order chi connectivity index (χ0) is 14.2. The molecule has 100 valence electrons. The van der Waals surface area contributed by atoms with E-state index in [1.165, 1.54) is 12.1 Å². The van der Waals surface area contributed by atoms with Crippen molar-refractivity contribution in [3.8, 4) is 5.75 Å². The predicted octanol–water partition coefficient (Wildman–Crippen LogP) is 2.14. The highest BCUT2D eigenvalue weighted by Gasteiger charge is 2.34. The fourth-order valence-electron chi connectivity index (χ4n) is 1.52. The van der Waals surface area contributed by atoms with Gasteiger partial charge in [0.1, 0.15) is 11.3 Å². The van der Waals surface area contributed by atoms with E-state index >= 15 is 0 Å². The number of phenols is 1. The lowest BCUT2D eigenvalue weighted by Gasteiger charge is -2.14.